The Morgan fingerprint density at radius 2 is 1.83 bits per heavy atom. The van der Waals surface area contributed by atoms with Gasteiger partial charge < -0.3 is 0 Å². The summed E-state index contributed by atoms with van der Waals surface area (Å²) in [5.41, 5.74) is 0. The van der Waals surface area contributed by atoms with Crippen LogP contribution in [0.5, 0.6) is 0 Å². The van der Waals surface area contributed by atoms with Crippen LogP contribution in [0.25, 0.3) is 0 Å². The Kier molecular flexibility index (Phi) is 3.37. The lowest BCUT2D eigenvalue weighted by Gasteiger charge is -2.25. The fourth-order valence-electron chi connectivity index (χ4n) is 3.34. The second-order valence-electron chi connectivity index (χ2n) is 4.38. The van der Waals surface area contributed by atoms with Crippen molar-refractivity contribution in [2.24, 2.45) is 23.7 Å². The van der Waals surface area contributed by atoms with E-state index >= 15 is 0 Å². The first-order chi connectivity index (χ1) is 5.81. The molecule has 2 fully saturated rings. The molecule has 0 aliphatic heterocycles. The molecule has 2 aliphatic rings. The van der Waals surface area contributed by atoms with Crippen molar-refractivity contribution in [3.63, 3.8) is 0 Å². The number of hydrogen-bond donors (Lipinski definition) is 0. The molecule has 2 bridgehead atoms. The molecule has 12 heavy (non-hydrogen) atoms. The quantitative estimate of drug-likeness (QED) is 0.519. The molecule has 0 amide bonds. The van der Waals surface area contributed by atoms with Gasteiger partial charge in [-0.05, 0) is 42.9 Å². The Balaban J connectivity index is 0.000000336. The van der Waals surface area contributed by atoms with E-state index in [4.69, 9.17) is 0 Å². The standard InChI is InChI=1S/C10H18.C2H4/c1-3-9-5-8-4-7(2)10(9)6-8;1-2/h7-10H,3-6H2,1-2H3;1-2H2. The fourth-order valence-corrected chi connectivity index (χ4v) is 3.34. The summed E-state index contributed by atoms with van der Waals surface area (Å²) in [6.45, 7) is 10.8. The van der Waals surface area contributed by atoms with Crippen molar-refractivity contribution in [1.29, 1.82) is 0 Å². The van der Waals surface area contributed by atoms with Gasteiger partial charge in [0, 0.05) is 0 Å². The first-order valence-corrected chi connectivity index (χ1v) is 5.31. The van der Waals surface area contributed by atoms with Crippen molar-refractivity contribution < 1.29 is 0 Å². The SMILES string of the molecule is C=C.CCC1CC2CC(C)C1C2. The number of fused-ring (bicyclic) bond motifs is 2. The molecule has 4 atom stereocenters. The number of rotatable bonds is 1. The summed E-state index contributed by atoms with van der Waals surface area (Å²) in [6, 6.07) is 0. The minimum absolute atomic E-state index is 1.06. The van der Waals surface area contributed by atoms with Crippen LogP contribution < -0.4 is 0 Å². The van der Waals surface area contributed by atoms with E-state index in [1.165, 1.54) is 6.42 Å². The van der Waals surface area contributed by atoms with Crippen LogP contribution in [0.2, 0.25) is 0 Å². The van der Waals surface area contributed by atoms with Crippen LogP contribution >= 0.6 is 0 Å². The van der Waals surface area contributed by atoms with E-state index in [1.54, 1.807) is 19.3 Å². The maximum atomic E-state index is 3.00. The molecule has 0 heterocycles. The maximum absolute atomic E-state index is 3.00. The van der Waals surface area contributed by atoms with Gasteiger partial charge in [0.05, 0.1) is 0 Å². The molecule has 0 nitrogen and oxygen atoms in total. The lowest BCUT2D eigenvalue weighted by atomic mass is 9.80. The molecule has 0 aromatic heterocycles. The van der Waals surface area contributed by atoms with Crippen molar-refractivity contribution in [2.75, 3.05) is 0 Å². The van der Waals surface area contributed by atoms with Crippen molar-refractivity contribution in [3.05, 3.63) is 13.2 Å². The van der Waals surface area contributed by atoms with E-state index < -0.39 is 0 Å². The Morgan fingerprint density at radius 3 is 2.17 bits per heavy atom. The highest BCUT2D eigenvalue weighted by Crippen LogP contribution is 2.52. The molecule has 2 rings (SSSR count). The predicted octanol–water partition coefficient (Wildman–Crippen LogP) is 3.88. The molecule has 0 radical (unpaired) electrons. The van der Waals surface area contributed by atoms with Gasteiger partial charge in [-0.3, -0.25) is 0 Å². The zero-order valence-corrected chi connectivity index (χ0v) is 8.55. The monoisotopic (exact) mass is 166 g/mol. The zero-order chi connectivity index (χ0) is 9.14. The highest BCUT2D eigenvalue weighted by atomic mass is 14.5. The van der Waals surface area contributed by atoms with Gasteiger partial charge in [0.2, 0.25) is 0 Å². The topological polar surface area (TPSA) is 0 Å². The third-order valence-corrected chi connectivity index (χ3v) is 3.81. The van der Waals surface area contributed by atoms with Crippen LogP contribution in [-0.4, -0.2) is 0 Å². The molecular formula is C12H22. The van der Waals surface area contributed by atoms with Gasteiger partial charge in [-0.15, -0.1) is 13.2 Å². The van der Waals surface area contributed by atoms with E-state index in [2.05, 4.69) is 27.0 Å². The molecule has 2 aliphatic carbocycles. The largest absolute Gasteiger partial charge is 0.106 e. The Morgan fingerprint density at radius 1 is 1.17 bits per heavy atom. The first kappa shape index (κ1) is 9.83. The second kappa shape index (κ2) is 4.11. The molecule has 0 heteroatoms. The summed E-state index contributed by atoms with van der Waals surface area (Å²) in [7, 11) is 0. The summed E-state index contributed by atoms with van der Waals surface area (Å²) in [4.78, 5) is 0. The average Bonchev–Trinajstić information content (AvgIpc) is 2.65. The normalized spacial score (nSPS) is 43.8. The smallest absolute Gasteiger partial charge is 0.0357 e. The van der Waals surface area contributed by atoms with Crippen LogP contribution in [0.4, 0.5) is 0 Å². The van der Waals surface area contributed by atoms with E-state index in [0.717, 1.165) is 23.7 Å². The van der Waals surface area contributed by atoms with Crippen LogP contribution in [0.3, 0.4) is 0 Å². The van der Waals surface area contributed by atoms with Crippen LogP contribution in [0.1, 0.15) is 39.5 Å². The molecule has 0 saturated heterocycles. The molecular weight excluding hydrogens is 144 g/mol. The summed E-state index contributed by atoms with van der Waals surface area (Å²) >= 11 is 0. The van der Waals surface area contributed by atoms with Gasteiger partial charge in [0.15, 0.2) is 0 Å². The first-order valence-electron chi connectivity index (χ1n) is 5.31. The van der Waals surface area contributed by atoms with Gasteiger partial charge in [-0.2, -0.15) is 0 Å². The third-order valence-electron chi connectivity index (χ3n) is 3.81. The number of hydrogen-bond acceptors (Lipinski definition) is 0. The van der Waals surface area contributed by atoms with E-state index in [0.29, 0.717) is 0 Å². The fraction of sp³-hybridized carbons (Fsp3) is 0.833. The minimum atomic E-state index is 1.06. The maximum Gasteiger partial charge on any atom is -0.0357 e. The molecule has 70 valence electrons. The van der Waals surface area contributed by atoms with Crippen LogP contribution in [-0.2, 0) is 0 Å². The van der Waals surface area contributed by atoms with E-state index in [1.807, 2.05) is 0 Å². The molecule has 0 spiro atoms. The lowest BCUT2D eigenvalue weighted by Crippen LogP contribution is -2.16. The average molecular weight is 166 g/mol. The van der Waals surface area contributed by atoms with Crippen LogP contribution in [0, 0.1) is 23.7 Å². The van der Waals surface area contributed by atoms with Gasteiger partial charge in [-0.1, -0.05) is 20.3 Å². The highest BCUT2D eigenvalue weighted by molar-refractivity contribution is 4.92. The lowest BCUT2D eigenvalue weighted by molar-refractivity contribution is 0.248. The summed E-state index contributed by atoms with van der Waals surface area (Å²) in [5, 5.41) is 0. The molecule has 0 aromatic rings. The van der Waals surface area contributed by atoms with Gasteiger partial charge in [0.25, 0.3) is 0 Å². The molecule has 2 saturated carbocycles. The Labute approximate surface area is 77.1 Å². The van der Waals surface area contributed by atoms with Crippen molar-refractivity contribution in [3.8, 4) is 0 Å². The summed E-state index contributed by atoms with van der Waals surface area (Å²) in [6.07, 6.45) is 6.11. The zero-order valence-electron chi connectivity index (χ0n) is 8.55. The molecule has 0 aromatic carbocycles. The predicted molar refractivity (Wildman–Crippen MR) is 55.0 cm³/mol. The third kappa shape index (κ3) is 1.57. The Bertz CT molecular complexity index is 137. The summed E-state index contributed by atoms with van der Waals surface area (Å²) in [5.74, 6) is 4.41. The minimum Gasteiger partial charge on any atom is -0.106 e. The van der Waals surface area contributed by atoms with E-state index in [-0.39, 0.29) is 0 Å². The second-order valence-corrected chi connectivity index (χ2v) is 4.38. The van der Waals surface area contributed by atoms with Gasteiger partial charge in [-0.25, -0.2) is 0 Å². The van der Waals surface area contributed by atoms with Gasteiger partial charge in [0.1, 0.15) is 0 Å². The molecule has 4 unspecified atom stereocenters. The van der Waals surface area contributed by atoms with Crippen molar-refractivity contribution >= 4 is 0 Å². The molecule has 0 N–H and O–H groups in total. The van der Waals surface area contributed by atoms with Crippen molar-refractivity contribution in [2.45, 2.75) is 39.5 Å². The highest BCUT2D eigenvalue weighted by Gasteiger charge is 2.42. The Hall–Kier alpha value is -0.260. The van der Waals surface area contributed by atoms with E-state index in [9.17, 15) is 0 Å². The summed E-state index contributed by atoms with van der Waals surface area (Å²) < 4.78 is 0. The van der Waals surface area contributed by atoms with Gasteiger partial charge >= 0.3 is 0 Å². The van der Waals surface area contributed by atoms with Crippen molar-refractivity contribution in [1.82, 2.24) is 0 Å². The van der Waals surface area contributed by atoms with Crippen LogP contribution in [0.15, 0.2) is 13.2 Å².